The van der Waals surface area contributed by atoms with Gasteiger partial charge in [0.15, 0.2) is 0 Å². The number of aromatic nitrogens is 1. The van der Waals surface area contributed by atoms with Crippen molar-refractivity contribution >= 4 is 40.0 Å². The lowest BCUT2D eigenvalue weighted by Gasteiger charge is -2.34. The highest BCUT2D eigenvalue weighted by Gasteiger charge is 2.26. The van der Waals surface area contributed by atoms with Gasteiger partial charge in [-0.25, -0.2) is 0 Å². The van der Waals surface area contributed by atoms with E-state index >= 15 is 0 Å². The SMILES string of the molecule is CCN(CC)c1ccc(C(=O)N2CCN(C(=O)c3cc4cc(Cl)ccc4[nH]3)CC2)cc1. The molecule has 0 unspecified atom stereocenters. The van der Waals surface area contributed by atoms with E-state index in [0.29, 0.717) is 42.5 Å². The number of anilines is 1. The van der Waals surface area contributed by atoms with E-state index in [0.717, 1.165) is 29.7 Å². The van der Waals surface area contributed by atoms with E-state index in [2.05, 4.69) is 23.7 Å². The first-order valence-corrected chi connectivity index (χ1v) is 11.1. The molecule has 3 aromatic rings. The minimum Gasteiger partial charge on any atom is -0.372 e. The second-order valence-corrected chi connectivity index (χ2v) is 8.15. The lowest BCUT2D eigenvalue weighted by Crippen LogP contribution is -2.50. The molecule has 2 aromatic carbocycles. The van der Waals surface area contributed by atoms with Gasteiger partial charge in [-0.15, -0.1) is 0 Å². The highest BCUT2D eigenvalue weighted by atomic mass is 35.5. The number of carbonyl (C=O) groups excluding carboxylic acids is 2. The molecule has 2 heterocycles. The molecule has 0 atom stereocenters. The van der Waals surface area contributed by atoms with Crippen LogP contribution in [0.3, 0.4) is 0 Å². The molecule has 1 aromatic heterocycles. The Labute approximate surface area is 187 Å². The molecule has 7 heteroatoms. The molecule has 162 valence electrons. The number of H-pyrrole nitrogens is 1. The van der Waals surface area contributed by atoms with Crippen LogP contribution in [0.1, 0.15) is 34.7 Å². The molecule has 1 fully saturated rings. The Morgan fingerprint density at radius 2 is 1.52 bits per heavy atom. The predicted molar refractivity (Wildman–Crippen MR) is 125 cm³/mol. The van der Waals surface area contributed by atoms with E-state index in [4.69, 9.17) is 11.6 Å². The molecule has 1 saturated heterocycles. The molecule has 1 N–H and O–H groups in total. The third-order valence-corrected chi connectivity index (χ3v) is 6.15. The first kappa shape index (κ1) is 21.2. The van der Waals surface area contributed by atoms with Crippen LogP contribution in [0.15, 0.2) is 48.5 Å². The van der Waals surface area contributed by atoms with E-state index in [9.17, 15) is 9.59 Å². The minimum absolute atomic E-state index is 0.0125. The molecule has 1 aliphatic heterocycles. The summed E-state index contributed by atoms with van der Waals surface area (Å²) in [6.07, 6.45) is 0. The smallest absolute Gasteiger partial charge is 0.270 e. The fraction of sp³-hybridized carbons (Fsp3) is 0.333. The molecular formula is C24H27ClN4O2. The quantitative estimate of drug-likeness (QED) is 0.647. The Hall–Kier alpha value is -2.99. The van der Waals surface area contributed by atoms with Crippen LogP contribution in [0.4, 0.5) is 5.69 Å². The number of piperazine rings is 1. The number of aromatic amines is 1. The number of amides is 2. The molecule has 0 spiro atoms. The fourth-order valence-corrected chi connectivity index (χ4v) is 4.27. The van der Waals surface area contributed by atoms with Crippen molar-refractivity contribution in [3.05, 3.63) is 64.8 Å². The molecule has 0 bridgehead atoms. The number of halogens is 1. The number of hydrogen-bond donors (Lipinski definition) is 1. The summed E-state index contributed by atoms with van der Waals surface area (Å²) >= 11 is 6.04. The van der Waals surface area contributed by atoms with Crippen molar-refractivity contribution in [3.63, 3.8) is 0 Å². The standard InChI is InChI=1S/C24H27ClN4O2/c1-3-27(4-2)20-8-5-17(6-9-20)23(30)28-11-13-29(14-12-28)24(31)22-16-18-15-19(25)7-10-21(18)26-22/h5-10,15-16,26H,3-4,11-14H2,1-2H3. The van der Waals surface area contributed by atoms with Crippen molar-refractivity contribution in [2.75, 3.05) is 44.2 Å². The molecule has 0 saturated carbocycles. The topological polar surface area (TPSA) is 59.7 Å². The Bertz CT molecular complexity index is 1080. The van der Waals surface area contributed by atoms with Crippen LogP contribution in [0.2, 0.25) is 5.02 Å². The van der Waals surface area contributed by atoms with Gasteiger partial charge in [-0.3, -0.25) is 9.59 Å². The van der Waals surface area contributed by atoms with Crippen LogP contribution in [0, 0.1) is 0 Å². The summed E-state index contributed by atoms with van der Waals surface area (Å²) in [5.41, 5.74) is 3.23. The number of carbonyl (C=O) groups is 2. The van der Waals surface area contributed by atoms with Crippen LogP contribution < -0.4 is 4.90 Å². The summed E-state index contributed by atoms with van der Waals surface area (Å²) < 4.78 is 0. The maximum Gasteiger partial charge on any atom is 0.270 e. The summed E-state index contributed by atoms with van der Waals surface area (Å²) in [5.74, 6) is -0.0403. The number of hydrogen-bond acceptors (Lipinski definition) is 3. The van der Waals surface area contributed by atoms with Crippen molar-refractivity contribution < 1.29 is 9.59 Å². The number of nitrogens with one attached hydrogen (secondary N) is 1. The Balaban J connectivity index is 1.38. The predicted octanol–water partition coefficient (Wildman–Crippen LogP) is 4.27. The summed E-state index contributed by atoms with van der Waals surface area (Å²) in [5, 5.41) is 1.56. The van der Waals surface area contributed by atoms with Gasteiger partial charge in [0.25, 0.3) is 11.8 Å². The van der Waals surface area contributed by atoms with E-state index in [1.54, 1.807) is 11.0 Å². The van der Waals surface area contributed by atoms with Crippen molar-refractivity contribution in [2.45, 2.75) is 13.8 Å². The Morgan fingerprint density at radius 3 is 2.13 bits per heavy atom. The maximum absolute atomic E-state index is 12.9. The molecule has 4 rings (SSSR count). The van der Waals surface area contributed by atoms with Crippen LogP contribution in [0.5, 0.6) is 0 Å². The summed E-state index contributed by atoms with van der Waals surface area (Å²) in [6.45, 7) is 8.17. The van der Waals surface area contributed by atoms with Gasteiger partial charge in [-0.2, -0.15) is 0 Å². The summed E-state index contributed by atoms with van der Waals surface area (Å²) in [4.78, 5) is 34.8. The largest absolute Gasteiger partial charge is 0.372 e. The Kier molecular flexibility index (Phi) is 6.18. The fourth-order valence-electron chi connectivity index (χ4n) is 4.09. The van der Waals surface area contributed by atoms with Crippen LogP contribution in [-0.4, -0.2) is 65.9 Å². The zero-order valence-electron chi connectivity index (χ0n) is 17.9. The van der Waals surface area contributed by atoms with Crippen LogP contribution in [0.25, 0.3) is 10.9 Å². The third kappa shape index (κ3) is 4.39. The van der Waals surface area contributed by atoms with Crippen LogP contribution >= 0.6 is 11.6 Å². The first-order chi connectivity index (χ1) is 15.0. The number of fused-ring (bicyclic) bond motifs is 1. The van der Waals surface area contributed by atoms with E-state index in [1.165, 1.54) is 0 Å². The number of rotatable bonds is 5. The van der Waals surface area contributed by atoms with E-state index in [1.807, 2.05) is 47.4 Å². The molecule has 0 aliphatic carbocycles. The highest BCUT2D eigenvalue weighted by molar-refractivity contribution is 6.31. The molecule has 0 radical (unpaired) electrons. The molecular weight excluding hydrogens is 412 g/mol. The lowest BCUT2D eigenvalue weighted by atomic mass is 10.1. The lowest BCUT2D eigenvalue weighted by molar-refractivity contribution is 0.0533. The van der Waals surface area contributed by atoms with Gasteiger partial charge in [-0.1, -0.05) is 11.6 Å². The molecule has 2 amide bonds. The molecule has 31 heavy (non-hydrogen) atoms. The number of nitrogens with zero attached hydrogens (tertiary/aromatic N) is 3. The monoisotopic (exact) mass is 438 g/mol. The van der Waals surface area contributed by atoms with Gasteiger partial charge in [0.2, 0.25) is 0 Å². The summed E-state index contributed by atoms with van der Waals surface area (Å²) in [7, 11) is 0. The third-order valence-electron chi connectivity index (χ3n) is 5.91. The zero-order valence-corrected chi connectivity index (χ0v) is 18.7. The van der Waals surface area contributed by atoms with Gasteiger partial charge in [0.1, 0.15) is 5.69 Å². The van der Waals surface area contributed by atoms with Gasteiger partial charge in [-0.05, 0) is 62.4 Å². The van der Waals surface area contributed by atoms with Crippen LogP contribution in [-0.2, 0) is 0 Å². The normalized spacial score (nSPS) is 14.2. The average Bonchev–Trinajstić information content (AvgIpc) is 3.23. The van der Waals surface area contributed by atoms with Gasteiger partial charge < -0.3 is 19.7 Å². The van der Waals surface area contributed by atoms with Gasteiger partial charge in [0, 0.05) is 66.4 Å². The second-order valence-electron chi connectivity index (χ2n) is 7.72. The molecule has 6 nitrogen and oxygen atoms in total. The first-order valence-electron chi connectivity index (χ1n) is 10.7. The van der Waals surface area contributed by atoms with Crippen molar-refractivity contribution in [3.8, 4) is 0 Å². The Morgan fingerprint density at radius 1 is 0.903 bits per heavy atom. The number of benzene rings is 2. The molecule has 1 aliphatic rings. The van der Waals surface area contributed by atoms with Crippen molar-refractivity contribution in [1.29, 1.82) is 0 Å². The summed E-state index contributed by atoms with van der Waals surface area (Å²) in [6, 6.07) is 15.1. The van der Waals surface area contributed by atoms with E-state index in [-0.39, 0.29) is 11.8 Å². The average molecular weight is 439 g/mol. The van der Waals surface area contributed by atoms with Crippen molar-refractivity contribution in [1.82, 2.24) is 14.8 Å². The maximum atomic E-state index is 12.9. The van der Waals surface area contributed by atoms with Gasteiger partial charge in [0.05, 0.1) is 0 Å². The highest BCUT2D eigenvalue weighted by Crippen LogP contribution is 2.22. The minimum atomic E-state index is -0.0528. The zero-order chi connectivity index (χ0) is 22.0. The van der Waals surface area contributed by atoms with E-state index < -0.39 is 0 Å². The van der Waals surface area contributed by atoms with Gasteiger partial charge >= 0.3 is 0 Å². The second kappa shape index (κ2) is 9.02. The van der Waals surface area contributed by atoms with Crippen molar-refractivity contribution in [2.24, 2.45) is 0 Å².